The van der Waals surface area contributed by atoms with E-state index in [-0.39, 0.29) is 11.9 Å². The molecule has 0 bridgehead atoms. The van der Waals surface area contributed by atoms with Gasteiger partial charge in [0.2, 0.25) is 0 Å². The predicted molar refractivity (Wildman–Crippen MR) is 90.0 cm³/mol. The molecule has 0 amide bonds. The van der Waals surface area contributed by atoms with E-state index in [2.05, 4.69) is 11.1 Å². The number of nitrogens with two attached hydrogens (primary N) is 3. The van der Waals surface area contributed by atoms with Crippen molar-refractivity contribution in [2.45, 2.75) is 32.7 Å². The predicted octanol–water partition coefficient (Wildman–Crippen LogP) is 1.53. The number of hydrogen-bond acceptors (Lipinski definition) is 5. The van der Waals surface area contributed by atoms with Gasteiger partial charge in [-0.05, 0) is 18.9 Å². The lowest BCUT2D eigenvalue weighted by atomic mass is 9.99. The van der Waals surface area contributed by atoms with Crippen molar-refractivity contribution in [2.24, 2.45) is 22.2 Å². The fourth-order valence-electron chi connectivity index (χ4n) is 1.87. The van der Waals surface area contributed by atoms with Crippen molar-refractivity contribution in [2.75, 3.05) is 7.11 Å². The second-order valence-electron chi connectivity index (χ2n) is 5.33. The van der Waals surface area contributed by atoms with Crippen LogP contribution >= 0.6 is 0 Å². The third-order valence-corrected chi connectivity index (χ3v) is 3.09. The molecular weight excluding hydrogens is 294 g/mol. The van der Waals surface area contributed by atoms with Crippen molar-refractivity contribution < 1.29 is 9.47 Å². The van der Waals surface area contributed by atoms with Crippen molar-refractivity contribution in [3.63, 3.8) is 0 Å². The van der Waals surface area contributed by atoms with E-state index >= 15 is 0 Å². The first-order chi connectivity index (χ1) is 10.8. The zero-order valence-electron chi connectivity index (χ0n) is 13.8. The Morgan fingerprint density at radius 1 is 1.26 bits per heavy atom. The van der Waals surface area contributed by atoms with Gasteiger partial charge in [-0.2, -0.15) is 5.26 Å². The van der Waals surface area contributed by atoms with Crippen LogP contribution in [0.25, 0.3) is 0 Å². The molecule has 1 rings (SSSR count). The molecule has 0 aliphatic carbocycles. The molecule has 0 saturated carbocycles. The van der Waals surface area contributed by atoms with Gasteiger partial charge in [-0.3, -0.25) is 0 Å². The largest absolute Gasteiger partial charge is 0.495 e. The summed E-state index contributed by atoms with van der Waals surface area (Å²) >= 11 is 0. The van der Waals surface area contributed by atoms with Gasteiger partial charge in [0.05, 0.1) is 24.9 Å². The molecule has 7 heteroatoms. The summed E-state index contributed by atoms with van der Waals surface area (Å²) in [5.41, 5.74) is 17.8. The average Bonchev–Trinajstić information content (AvgIpc) is 2.49. The van der Waals surface area contributed by atoms with Crippen LogP contribution in [0.15, 0.2) is 29.1 Å². The fraction of sp³-hybridized carbons (Fsp3) is 0.375. The van der Waals surface area contributed by atoms with E-state index < -0.39 is 6.04 Å². The number of nitriles is 1. The minimum Gasteiger partial charge on any atom is -0.495 e. The highest BCUT2D eigenvalue weighted by Crippen LogP contribution is 2.34. The van der Waals surface area contributed by atoms with E-state index in [1.807, 2.05) is 13.8 Å². The Morgan fingerprint density at radius 2 is 1.91 bits per heavy atom. The number of rotatable bonds is 6. The molecule has 124 valence electrons. The lowest BCUT2D eigenvalue weighted by molar-refractivity contribution is 0.378. The van der Waals surface area contributed by atoms with Gasteiger partial charge >= 0.3 is 0 Å². The molecule has 1 atom stereocenters. The smallest absolute Gasteiger partial charge is 0.190 e. The second-order valence-corrected chi connectivity index (χ2v) is 5.33. The van der Waals surface area contributed by atoms with Crippen molar-refractivity contribution in [3.8, 4) is 17.6 Å². The van der Waals surface area contributed by atoms with Gasteiger partial charge in [0.15, 0.2) is 5.96 Å². The summed E-state index contributed by atoms with van der Waals surface area (Å²) in [6, 6.07) is 5.07. The zero-order valence-corrected chi connectivity index (χ0v) is 13.8. The van der Waals surface area contributed by atoms with Gasteiger partial charge < -0.3 is 26.7 Å². The molecule has 0 aromatic heterocycles. The summed E-state index contributed by atoms with van der Waals surface area (Å²) in [6.07, 6.45) is 1.38. The standard InChI is InChI=1S/C16H23N5O2/c1-9(2)12-6-13(22-4)11(7-17)5-14(12)23-15(10(3)18)8-21-16(19)20/h5-6,8-10H,18H2,1-4H3,(H4,19,20,21)/b15-8+. The summed E-state index contributed by atoms with van der Waals surface area (Å²) in [5.74, 6) is 1.47. The molecule has 23 heavy (non-hydrogen) atoms. The van der Waals surface area contributed by atoms with Crippen LogP contribution in [0.3, 0.4) is 0 Å². The Hall–Kier alpha value is -2.72. The van der Waals surface area contributed by atoms with Crippen LogP contribution in [0.4, 0.5) is 0 Å². The Balaban J connectivity index is 3.37. The van der Waals surface area contributed by atoms with E-state index in [1.54, 1.807) is 19.1 Å². The first kappa shape index (κ1) is 18.3. The molecule has 0 spiro atoms. The summed E-state index contributed by atoms with van der Waals surface area (Å²) in [7, 11) is 1.52. The zero-order chi connectivity index (χ0) is 17.6. The first-order valence-corrected chi connectivity index (χ1v) is 7.14. The Kier molecular flexibility index (Phi) is 6.42. The van der Waals surface area contributed by atoms with Crippen LogP contribution < -0.4 is 26.7 Å². The van der Waals surface area contributed by atoms with Gasteiger partial charge in [0.1, 0.15) is 23.3 Å². The van der Waals surface area contributed by atoms with Crippen LogP contribution in [0.1, 0.15) is 37.8 Å². The maximum Gasteiger partial charge on any atom is 0.190 e. The monoisotopic (exact) mass is 317 g/mol. The summed E-state index contributed by atoms with van der Waals surface area (Å²) in [4.78, 5) is 3.81. The van der Waals surface area contributed by atoms with Gasteiger partial charge in [-0.25, -0.2) is 4.99 Å². The fourth-order valence-corrected chi connectivity index (χ4v) is 1.87. The first-order valence-electron chi connectivity index (χ1n) is 7.14. The van der Waals surface area contributed by atoms with Crippen molar-refractivity contribution in [1.82, 2.24) is 0 Å². The van der Waals surface area contributed by atoms with Crippen molar-refractivity contribution >= 4 is 5.96 Å². The Labute approximate surface area is 136 Å². The average molecular weight is 317 g/mol. The third-order valence-electron chi connectivity index (χ3n) is 3.09. The maximum atomic E-state index is 9.24. The molecular formula is C16H23N5O2. The highest BCUT2D eigenvalue weighted by atomic mass is 16.5. The van der Waals surface area contributed by atoms with Crippen molar-refractivity contribution in [1.29, 1.82) is 5.26 Å². The Bertz CT molecular complexity index is 653. The molecule has 0 saturated heterocycles. The summed E-state index contributed by atoms with van der Waals surface area (Å²) in [6.45, 7) is 5.77. The van der Waals surface area contributed by atoms with Gasteiger partial charge in [-0.1, -0.05) is 13.8 Å². The summed E-state index contributed by atoms with van der Waals surface area (Å²) < 4.78 is 11.1. The molecule has 0 fully saturated rings. The number of benzene rings is 1. The molecule has 0 radical (unpaired) electrons. The number of methoxy groups -OCH3 is 1. The molecule has 1 unspecified atom stereocenters. The molecule has 7 nitrogen and oxygen atoms in total. The van der Waals surface area contributed by atoms with Gasteiger partial charge in [-0.15, -0.1) is 0 Å². The third kappa shape index (κ3) is 4.90. The van der Waals surface area contributed by atoms with E-state index in [0.29, 0.717) is 22.8 Å². The molecule has 0 aliphatic rings. The molecule has 0 heterocycles. The van der Waals surface area contributed by atoms with Crippen LogP contribution in [-0.2, 0) is 0 Å². The van der Waals surface area contributed by atoms with Crippen LogP contribution in [0.5, 0.6) is 11.5 Å². The highest BCUT2D eigenvalue weighted by molar-refractivity contribution is 5.76. The maximum absolute atomic E-state index is 9.24. The van der Waals surface area contributed by atoms with Crippen LogP contribution in [-0.4, -0.2) is 19.1 Å². The highest BCUT2D eigenvalue weighted by Gasteiger charge is 2.17. The van der Waals surface area contributed by atoms with Gasteiger partial charge in [0.25, 0.3) is 0 Å². The minimum atomic E-state index is -0.425. The Morgan fingerprint density at radius 3 is 2.35 bits per heavy atom. The quantitative estimate of drug-likeness (QED) is 0.414. The summed E-state index contributed by atoms with van der Waals surface area (Å²) in [5, 5.41) is 9.24. The topological polar surface area (TPSA) is 133 Å². The normalized spacial score (nSPS) is 12.5. The molecule has 1 aromatic rings. The van der Waals surface area contributed by atoms with E-state index in [9.17, 15) is 5.26 Å². The number of nitrogens with zero attached hydrogens (tertiary/aromatic N) is 2. The van der Waals surface area contributed by atoms with E-state index in [0.717, 1.165) is 5.56 Å². The lowest BCUT2D eigenvalue weighted by Gasteiger charge is -2.19. The number of hydrogen-bond donors (Lipinski definition) is 3. The lowest BCUT2D eigenvalue weighted by Crippen LogP contribution is -2.24. The van der Waals surface area contributed by atoms with E-state index in [4.69, 9.17) is 26.7 Å². The van der Waals surface area contributed by atoms with Crippen molar-refractivity contribution in [3.05, 3.63) is 35.2 Å². The molecule has 0 aliphatic heterocycles. The van der Waals surface area contributed by atoms with E-state index in [1.165, 1.54) is 13.3 Å². The van der Waals surface area contributed by atoms with Crippen LogP contribution in [0, 0.1) is 11.3 Å². The SMILES string of the molecule is COc1cc(C(C)C)c(O/C(=C/N=C(N)N)C(C)N)cc1C#N. The van der Waals surface area contributed by atoms with Crippen LogP contribution in [0.2, 0.25) is 0 Å². The number of ether oxygens (including phenoxy) is 2. The van der Waals surface area contributed by atoms with Gasteiger partial charge in [0, 0.05) is 11.6 Å². The minimum absolute atomic E-state index is 0.0942. The number of guanidine groups is 1. The number of aliphatic imine (C=N–C) groups is 1. The molecule has 1 aromatic carbocycles. The molecule has 6 N–H and O–H groups in total. The second kappa shape index (κ2) is 8.06.